The smallest absolute Gasteiger partial charge is 0.419 e. The van der Waals surface area contributed by atoms with E-state index in [0.717, 1.165) is 44.2 Å². The molecule has 1 unspecified atom stereocenters. The number of hydrogen-bond acceptors (Lipinski definition) is 4. The van der Waals surface area contributed by atoms with Crippen LogP contribution < -0.4 is 15.8 Å². The molecule has 1 aromatic carbocycles. The highest BCUT2D eigenvalue weighted by Crippen LogP contribution is 2.37. The number of carbonyl (C=O) groups excluding carboxylic acids is 2. The minimum atomic E-state index is -4.61. The lowest BCUT2D eigenvalue weighted by molar-refractivity contribution is -0.138. The van der Waals surface area contributed by atoms with Gasteiger partial charge in [-0.25, -0.2) is 0 Å². The molecule has 0 aromatic heterocycles. The van der Waals surface area contributed by atoms with Crippen molar-refractivity contribution < 1.29 is 27.5 Å². The van der Waals surface area contributed by atoms with Gasteiger partial charge < -0.3 is 20.7 Å². The molecule has 184 valence electrons. The van der Waals surface area contributed by atoms with Gasteiger partial charge in [0.25, 0.3) is 11.8 Å². The molecule has 2 aliphatic rings. The average Bonchev–Trinajstić information content (AvgIpc) is 3.15. The van der Waals surface area contributed by atoms with Crippen molar-refractivity contribution in [1.82, 2.24) is 10.2 Å². The first-order valence-electron chi connectivity index (χ1n) is 11.3. The van der Waals surface area contributed by atoms with Crippen molar-refractivity contribution in [1.29, 1.82) is 0 Å². The molecule has 1 saturated carbocycles. The number of nitrogens with zero attached hydrogens (tertiary/aromatic N) is 2. The Balaban J connectivity index is 1.80. The third kappa shape index (κ3) is 6.61. The van der Waals surface area contributed by atoms with E-state index in [2.05, 4.69) is 10.3 Å². The Morgan fingerprint density at radius 3 is 2.68 bits per heavy atom. The Morgan fingerprint density at radius 2 is 2.00 bits per heavy atom. The summed E-state index contributed by atoms with van der Waals surface area (Å²) in [6.07, 6.45) is 5.02. The zero-order valence-corrected chi connectivity index (χ0v) is 19.0. The molecular formula is C24H29F3N4O3. The topological polar surface area (TPSA) is 97.0 Å². The van der Waals surface area contributed by atoms with Gasteiger partial charge in [0.1, 0.15) is 23.4 Å². The first kappa shape index (κ1) is 25.3. The van der Waals surface area contributed by atoms with E-state index in [-0.39, 0.29) is 24.1 Å². The van der Waals surface area contributed by atoms with Crippen LogP contribution in [0.1, 0.15) is 44.1 Å². The molecule has 1 fully saturated rings. The number of nitrogens with one attached hydrogen (secondary N) is 1. The predicted octanol–water partition coefficient (Wildman–Crippen LogP) is 3.77. The van der Waals surface area contributed by atoms with E-state index in [4.69, 9.17) is 10.5 Å². The summed E-state index contributed by atoms with van der Waals surface area (Å²) in [5, 5.41) is 2.75. The van der Waals surface area contributed by atoms with E-state index in [9.17, 15) is 22.8 Å². The summed E-state index contributed by atoms with van der Waals surface area (Å²) in [5.74, 6) is -1.20. The van der Waals surface area contributed by atoms with Gasteiger partial charge in [0.2, 0.25) is 0 Å². The zero-order chi connectivity index (χ0) is 24.7. The van der Waals surface area contributed by atoms with Gasteiger partial charge in [-0.2, -0.15) is 18.2 Å². The fourth-order valence-electron chi connectivity index (χ4n) is 4.28. The van der Waals surface area contributed by atoms with Crippen LogP contribution in [0, 0.1) is 5.92 Å². The van der Waals surface area contributed by atoms with Gasteiger partial charge in [-0.15, -0.1) is 0 Å². The average molecular weight is 479 g/mol. The van der Waals surface area contributed by atoms with E-state index in [0.29, 0.717) is 6.42 Å². The summed E-state index contributed by atoms with van der Waals surface area (Å²) in [7, 11) is 1.67. The number of ether oxygens (including phenoxy) is 1. The molecule has 1 heterocycles. The summed E-state index contributed by atoms with van der Waals surface area (Å²) in [4.78, 5) is 31.1. The molecule has 0 bridgehead atoms. The Morgan fingerprint density at radius 1 is 1.29 bits per heavy atom. The van der Waals surface area contributed by atoms with E-state index in [1.165, 1.54) is 35.4 Å². The van der Waals surface area contributed by atoms with Crippen molar-refractivity contribution in [2.24, 2.45) is 16.6 Å². The summed E-state index contributed by atoms with van der Waals surface area (Å²) in [6.45, 7) is -0.129. The Hall–Kier alpha value is -3.30. The normalized spacial score (nSPS) is 18.8. The van der Waals surface area contributed by atoms with Crippen LogP contribution in [-0.2, 0) is 15.8 Å². The molecule has 34 heavy (non-hydrogen) atoms. The van der Waals surface area contributed by atoms with Crippen LogP contribution in [0.2, 0.25) is 0 Å². The number of benzene rings is 1. The summed E-state index contributed by atoms with van der Waals surface area (Å²) >= 11 is 0. The number of nitrogens with two attached hydrogens (primary N) is 1. The Kier molecular flexibility index (Phi) is 8.36. The molecule has 1 aliphatic carbocycles. The lowest BCUT2D eigenvalue weighted by Gasteiger charge is -2.30. The van der Waals surface area contributed by atoms with Crippen molar-refractivity contribution in [2.45, 2.75) is 50.7 Å². The molecule has 0 saturated heterocycles. The SMILES string of the molecule is CN/C=C\C(N)=NC(=O)C(CC1CCCCC1)N1CC(Oc2ccccc2C(F)(F)F)=CC1=O. The molecule has 1 aromatic rings. The fraction of sp³-hybridized carbons (Fsp3) is 0.458. The summed E-state index contributed by atoms with van der Waals surface area (Å²) < 4.78 is 45.4. The van der Waals surface area contributed by atoms with Crippen LogP contribution in [-0.4, -0.2) is 42.2 Å². The van der Waals surface area contributed by atoms with Crippen LogP contribution >= 0.6 is 0 Å². The number of rotatable bonds is 8. The van der Waals surface area contributed by atoms with E-state index >= 15 is 0 Å². The second kappa shape index (κ2) is 11.2. The maximum Gasteiger partial charge on any atom is 0.419 e. The number of amides is 2. The minimum absolute atomic E-state index is 0.0109. The van der Waals surface area contributed by atoms with E-state index in [1.54, 1.807) is 7.05 Å². The van der Waals surface area contributed by atoms with Crippen molar-refractivity contribution in [2.75, 3.05) is 13.6 Å². The number of hydrogen-bond donors (Lipinski definition) is 2. The van der Waals surface area contributed by atoms with Crippen molar-refractivity contribution in [3.63, 3.8) is 0 Å². The van der Waals surface area contributed by atoms with Crippen molar-refractivity contribution in [3.05, 3.63) is 53.9 Å². The van der Waals surface area contributed by atoms with Gasteiger partial charge in [-0.3, -0.25) is 9.59 Å². The quantitative estimate of drug-likeness (QED) is 0.438. The van der Waals surface area contributed by atoms with Gasteiger partial charge >= 0.3 is 6.18 Å². The highest BCUT2D eigenvalue weighted by atomic mass is 19.4. The highest BCUT2D eigenvalue weighted by Gasteiger charge is 2.38. The minimum Gasteiger partial charge on any atom is -0.459 e. The lowest BCUT2D eigenvalue weighted by atomic mass is 9.84. The molecule has 1 aliphatic heterocycles. The predicted molar refractivity (Wildman–Crippen MR) is 122 cm³/mol. The molecule has 3 N–H and O–H groups in total. The molecule has 3 rings (SSSR count). The molecule has 10 heteroatoms. The third-order valence-corrected chi connectivity index (χ3v) is 5.93. The number of carbonyl (C=O) groups is 2. The van der Waals surface area contributed by atoms with Crippen molar-refractivity contribution in [3.8, 4) is 5.75 Å². The standard InChI is InChI=1S/C24H29F3N4O3/c1-29-12-11-21(28)30-23(33)19(13-16-7-3-2-4-8-16)31-15-17(14-22(31)32)34-20-10-6-5-9-18(20)24(25,26)27/h5-6,9-12,14,16,19,29H,2-4,7-8,13,15H2,1H3,(H2,28,30,33)/b12-11-. The van der Waals surface area contributed by atoms with Crippen molar-refractivity contribution >= 4 is 17.6 Å². The molecule has 7 nitrogen and oxygen atoms in total. The Bertz CT molecular complexity index is 982. The van der Waals surface area contributed by atoms with Crippen LogP contribution in [0.25, 0.3) is 0 Å². The maximum absolute atomic E-state index is 13.3. The molecule has 1 atom stereocenters. The lowest BCUT2D eigenvalue weighted by Crippen LogP contribution is -2.44. The number of amidine groups is 1. The summed E-state index contributed by atoms with van der Waals surface area (Å²) in [6, 6.07) is 3.91. The molecule has 0 spiro atoms. The maximum atomic E-state index is 13.3. The molecular weight excluding hydrogens is 449 g/mol. The van der Waals surface area contributed by atoms with E-state index < -0.39 is 35.3 Å². The monoisotopic (exact) mass is 478 g/mol. The highest BCUT2D eigenvalue weighted by molar-refractivity contribution is 6.03. The van der Waals surface area contributed by atoms with Gasteiger partial charge in [-0.05, 0) is 36.7 Å². The largest absolute Gasteiger partial charge is 0.459 e. The number of alkyl halides is 3. The van der Waals surface area contributed by atoms with Crippen LogP contribution in [0.4, 0.5) is 13.2 Å². The first-order valence-corrected chi connectivity index (χ1v) is 11.3. The second-order valence-corrected chi connectivity index (χ2v) is 8.43. The Labute approximate surface area is 196 Å². The van der Waals surface area contributed by atoms with Crippen LogP contribution in [0.3, 0.4) is 0 Å². The van der Waals surface area contributed by atoms with E-state index in [1.807, 2.05) is 0 Å². The van der Waals surface area contributed by atoms with Crippen LogP contribution in [0.15, 0.2) is 53.4 Å². The summed E-state index contributed by atoms with van der Waals surface area (Å²) in [5.41, 5.74) is 4.87. The first-order chi connectivity index (χ1) is 16.2. The zero-order valence-electron chi connectivity index (χ0n) is 19.0. The van der Waals surface area contributed by atoms with Crippen LogP contribution in [0.5, 0.6) is 5.75 Å². The number of para-hydroxylation sites is 1. The third-order valence-electron chi connectivity index (χ3n) is 5.93. The van der Waals surface area contributed by atoms with Gasteiger partial charge in [0, 0.05) is 13.1 Å². The number of halogens is 3. The number of aliphatic imine (C=N–C) groups is 1. The van der Waals surface area contributed by atoms with Gasteiger partial charge in [0.15, 0.2) is 0 Å². The van der Waals surface area contributed by atoms with Gasteiger partial charge in [0.05, 0.1) is 12.1 Å². The molecule has 2 amide bonds. The second-order valence-electron chi connectivity index (χ2n) is 8.43. The molecule has 0 radical (unpaired) electrons. The fourth-order valence-corrected chi connectivity index (χ4v) is 4.28. The van der Waals surface area contributed by atoms with Gasteiger partial charge in [-0.1, -0.05) is 44.2 Å².